The largest absolute Gasteiger partial charge is 0.324 e. The first kappa shape index (κ1) is 16.4. The fourth-order valence-electron chi connectivity index (χ4n) is 2.58. The normalized spacial score (nSPS) is 13.0. The lowest BCUT2D eigenvalue weighted by Gasteiger charge is -2.12. The molecule has 0 saturated heterocycles. The molecule has 0 aliphatic rings. The summed E-state index contributed by atoms with van der Waals surface area (Å²) in [4.78, 5) is 4.07. The Hall–Kier alpha value is -2.44. The second-order valence-corrected chi connectivity index (χ2v) is 7.57. The van der Waals surface area contributed by atoms with Gasteiger partial charge in [0.15, 0.2) is 0 Å². The summed E-state index contributed by atoms with van der Waals surface area (Å²) in [5.74, 6) is 0. The van der Waals surface area contributed by atoms with E-state index >= 15 is 0 Å². The molecule has 0 aliphatic heterocycles. The zero-order valence-electron chi connectivity index (χ0n) is 13.5. The van der Waals surface area contributed by atoms with Crippen LogP contribution in [-0.4, -0.2) is 17.4 Å². The highest BCUT2D eigenvalue weighted by Gasteiger charge is 2.23. The highest BCUT2D eigenvalue weighted by molar-refractivity contribution is 7.90. The van der Waals surface area contributed by atoms with E-state index in [2.05, 4.69) is 4.98 Å². The van der Waals surface area contributed by atoms with E-state index in [4.69, 9.17) is 5.73 Å². The van der Waals surface area contributed by atoms with Crippen LogP contribution in [0.5, 0.6) is 0 Å². The minimum absolute atomic E-state index is 0.145. The van der Waals surface area contributed by atoms with Crippen LogP contribution in [0.3, 0.4) is 0 Å². The second kappa shape index (κ2) is 6.22. The van der Waals surface area contributed by atoms with Crippen LogP contribution in [0, 0.1) is 6.92 Å². The molecule has 0 saturated carbocycles. The van der Waals surface area contributed by atoms with Crippen molar-refractivity contribution < 1.29 is 8.42 Å². The van der Waals surface area contributed by atoms with E-state index < -0.39 is 10.0 Å². The van der Waals surface area contributed by atoms with Gasteiger partial charge in [0.05, 0.1) is 5.69 Å². The lowest BCUT2D eigenvalue weighted by molar-refractivity contribution is 0.587. The minimum Gasteiger partial charge on any atom is -0.324 e. The molecule has 0 radical (unpaired) electrons. The van der Waals surface area contributed by atoms with Gasteiger partial charge in [0.25, 0.3) is 10.0 Å². The summed E-state index contributed by atoms with van der Waals surface area (Å²) >= 11 is 0. The Bertz CT molecular complexity index is 961. The van der Waals surface area contributed by atoms with Gasteiger partial charge in [-0.05, 0) is 43.2 Å². The van der Waals surface area contributed by atoms with Crippen LogP contribution < -0.4 is 5.73 Å². The Labute approximate surface area is 141 Å². The number of aromatic nitrogens is 2. The lowest BCUT2D eigenvalue weighted by Crippen LogP contribution is -2.14. The maximum atomic E-state index is 13.1. The van der Waals surface area contributed by atoms with Crippen LogP contribution in [-0.2, 0) is 10.0 Å². The zero-order chi connectivity index (χ0) is 17.3. The third-order valence-corrected chi connectivity index (χ3v) is 5.60. The average Bonchev–Trinajstić information content (AvgIpc) is 3.02. The van der Waals surface area contributed by atoms with Crippen LogP contribution in [0.15, 0.2) is 66.0 Å². The van der Waals surface area contributed by atoms with E-state index in [1.165, 1.54) is 16.2 Å². The molecule has 0 spiro atoms. The average molecular weight is 341 g/mol. The maximum absolute atomic E-state index is 13.1. The van der Waals surface area contributed by atoms with Crippen LogP contribution in [0.25, 0.3) is 11.3 Å². The van der Waals surface area contributed by atoms with E-state index in [1.54, 1.807) is 18.5 Å². The van der Waals surface area contributed by atoms with Gasteiger partial charge in [-0.3, -0.25) is 4.98 Å². The molecule has 5 nitrogen and oxygen atoms in total. The van der Waals surface area contributed by atoms with Gasteiger partial charge in [-0.25, -0.2) is 12.4 Å². The van der Waals surface area contributed by atoms with Crippen molar-refractivity contribution in [3.05, 3.63) is 72.2 Å². The molecule has 24 heavy (non-hydrogen) atoms. The molecule has 3 rings (SSSR count). The van der Waals surface area contributed by atoms with Gasteiger partial charge in [-0.1, -0.05) is 24.3 Å². The Morgan fingerprint density at radius 2 is 1.92 bits per heavy atom. The Balaban J connectivity index is 2.27. The summed E-state index contributed by atoms with van der Waals surface area (Å²) in [6.45, 7) is 3.78. The molecule has 1 aromatic carbocycles. The van der Waals surface area contributed by atoms with Crippen molar-refractivity contribution in [1.29, 1.82) is 0 Å². The molecule has 1 unspecified atom stereocenters. The van der Waals surface area contributed by atoms with E-state index in [0.29, 0.717) is 5.69 Å². The van der Waals surface area contributed by atoms with Gasteiger partial charge in [0, 0.05) is 30.2 Å². The third kappa shape index (κ3) is 2.86. The number of aryl methyl sites for hydroxylation is 1. The maximum Gasteiger partial charge on any atom is 0.269 e. The second-order valence-electron chi connectivity index (χ2n) is 5.75. The number of hydrogen-bond acceptors (Lipinski definition) is 4. The first-order valence-corrected chi connectivity index (χ1v) is 9.05. The summed E-state index contributed by atoms with van der Waals surface area (Å²) in [5.41, 5.74) is 9.19. The molecule has 2 aromatic heterocycles. The summed E-state index contributed by atoms with van der Waals surface area (Å²) < 4.78 is 27.4. The van der Waals surface area contributed by atoms with Crippen molar-refractivity contribution in [3.63, 3.8) is 0 Å². The van der Waals surface area contributed by atoms with Gasteiger partial charge >= 0.3 is 0 Å². The first-order chi connectivity index (χ1) is 11.4. The molecule has 2 heterocycles. The SMILES string of the molecule is Cc1ccccc1-c1cc(C(C)N)cn1S(=O)(=O)c1cccnc1. The van der Waals surface area contributed by atoms with Crippen LogP contribution >= 0.6 is 0 Å². The van der Waals surface area contributed by atoms with Crippen molar-refractivity contribution in [3.8, 4) is 11.3 Å². The Morgan fingerprint density at radius 3 is 2.54 bits per heavy atom. The van der Waals surface area contributed by atoms with E-state index in [9.17, 15) is 8.42 Å². The van der Waals surface area contributed by atoms with Crippen molar-refractivity contribution in [1.82, 2.24) is 8.96 Å². The quantitative estimate of drug-likeness (QED) is 0.791. The summed E-state index contributed by atoms with van der Waals surface area (Å²) in [7, 11) is -3.75. The lowest BCUT2D eigenvalue weighted by atomic mass is 10.1. The fraction of sp³-hybridized carbons (Fsp3) is 0.167. The molecule has 0 fully saturated rings. The van der Waals surface area contributed by atoms with Crippen molar-refractivity contribution in [2.24, 2.45) is 5.73 Å². The number of nitrogens with zero attached hydrogens (tertiary/aromatic N) is 2. The van der Waals surface area contributed by atoms with E-state index in [0.717, 1.165) is 16.7 Å². The van der Waals surface area contributed by atoms with Crippen molar-refractivity contribution in [2.75, 3.05) is 0 Å². The van der Waals surface area contributed by atoms with Gasteiger partial charge in [-0.2, -0.15) is 0 Å². The van der Waals surface area contributed by atoms with Crippen LogP contribution in [0.1, 0.15) is 24.1 Å². The predicted octanol–water partition coefficient (Wildman–Crippen LogP) is 3.12. The molecular weight excluding hydrogens is 322 g/mol. The summed E-state index contributed by atoms with van der Waals surface area (Å²) in [5, 5.41) is 0. The van der Waals surface area contributed by atoms with Crippen molar-refractivity contribution in [2.45, 2.75) is 24.8 Å². The standard InChI is InChI=1S/C18H19N3O2S/c1-13-6-3-4-8-17(13)18-10-15(14(2)19)12-21(18)24(22,23)16-7-5-9-20-11-16/h3-12,14H,19H2,1-2H3. The summed E-state index contributed by atoms with van der Waals surface area (Å²) in [6.07, 6.45) is 4.49. The monoisotopic (exact) mass is 341 g/mol. The molecular formula is C18H19N3O2S. The van der Waals surface area contributed by atoms with Gasteiger partial charge in [-0.15, -0.1) is 0 Å². The molecule has 3 aromatic rings. The predicted molar refractivity (Wildman–Crippen MR) is 94.0 cm³/mol. The molecule has 0 aliphatic carbocycles. The highest BCUT2D eigenvalue weighted by Crippen LogP contribution is 2.30. The number of benzene rings is 1. The smallest absolute Gasteiger partial charge is 0.269 e. The van der Waals surface area contributed by atoms with Gasteiger partial charge in [0.1, 0.15) is 4.90 Å². The van der Waals surface area contributed by atoms with Gasteiger partial charge in [0.2, 0.25) is 0 Å². The molecule has 2 N–H and O–H groups in total. The first-order valence-electron chi connectivity index (χ1n) is 7.60. The molecule has 1 atom stereocenters. The Morgan fingerprint density at radius 1 is 1.17 bits per heavy atom. The molecule has 6 heteroatoms. The zero-order valence-corrected chi connectivity index (χ0v) is 14.4. The number of hydrogen-bond donors (Lipinski definition) is 1. The molecule has 124 valence electrons. The number of pyridine rings is 1. The van der Waals surface area contributed by atoms with Crippen LogP contribution in [0.4, 0.5) is 0 Å². The molecule has 0 amide bonds. The minimum atomic E-state index is -3.75. The van der Waals surface area contributed by atoms with Crippen molar-refractivity contribution >= 4 is 10.0 Å². The molecule has 0 bridgehead atoms. The Kier molecular flexibility index (Phi) is 4.26. The van der Waals surface area contributed by atoms with E-state index in [1.807, 2.05) is 44.2 Å². The number of rotatable bonds is 4. The number of nitrogens with two attached hydrogens (primary N) is 1. The van der Waals surface area contributed by atoms with E-state index in [-0.39, 0.29) is 10.9 Å². The van der Waals surface area contributed by atoms with Gasteiger partial charge < -0.3 is 5.73 Å². The fourth-order valence-corrected chi connectivity index (χ4v) is 3.92. The van der Waals surface area contributed by atoms with Crippen LogP contribution in [0.2, 0.25) is 0 Å². The third-order valence-electron chi connectivity index (χ3n) is 3.95. The highest BCUT2D eigenvalue weighted by atomic mass is 32.2. The summed E-state index contributed by atoms with van der Waals surface area (Å²) in [6, 6.07) is 12.4. The topological polar surface area (TPSA) is 78.0 Å².